The number of aliphatic hydroxyl groups is 1. The van der Waals surface area contributed by atoms with Crippen LogP contribution >= 0.6 is 0 Å². The van der Waals surface area contributed by atoms with Crippen LogP contribution in [0.5, 0.6) is 0 Å². The van der Waals surface area contributed by atoms with Crippen molar-refractivity contribution in [3.63, 3.8) is 0 Å². The summed E-state index contributed by atoms with van der Waals surface area (Å²) in [6.07, 6.45) is 21.6. The summed E-state index contributed by atoms with van der Waals surface area (Å²) in [5.74, 6) is 0.216. The Bertz CT molecular complexity index is 463. The van der Waals surface area contributed by atoms with E-state index >= 15 is 0 Å². The third kappa shape index (κ3) is 24.0. The number of unbranched alkanes of at least 4 members (excludes halogenated alkanes) is 15. The van der Waals surface area contributed by atoms with E-state index in [4.69, 9.17) is 9.47 Å². The second-order valence-electron chi connectivity index (χ2n) is 10.3. The zero-order chi connectivity index (χ0) is 25.3. The molecule has 202 valence electrons. The molecule has 0 fully saturated rings. The largest absolute Gasteiger partial charge is 0.462 e. The van der Waals surface area contributed by atoms with E-state index in [1.54, 1.807) is 0 Å². The smallest absolute Gasteiger partial charge is 0.306 e. The highest BCUT2D eigenvalue weighted by Gasteiger charge is 2.16. The second-order valence-corrected chi connectivity index (χ2v) is 10.3. The first kappa shape index (κ1) is 32.9. The first-order valence-corrected chi connectivity index (χ1v) is 14.5. The van der Waals surface area contributed by atoms with Gasteiger partial charge in [0.15, 0.2) is 6.10 Å². The first-order valence-electron chi connectivity index (χ1n) is 14.5. The van der Waals surface area contributed by atoms with Crippen molar-refractivity contribution in [2.45, 2.75) is 155 Å². The van der Waals surface area contributed by atoms with Gasteiger partial charge in [-0.3, -0.25) is 9.59 Å². The van der Waals surface area contributed by atoms with Crippen molar-refractivity contribution in [1.82, 2.24) is 0 Å². The van der Waals surface area contributed by atoms with Crippen LogP contribution in [0.4, 0.5) is 0 Å². The van der Waals surface area contributed by atoms with Crippen LogP contribution in [0.2, 0.25) is 0 Å². The molecule has 1 N–H and O–H groups in total. The number of carbonyl (C=O) groups excluding carboxylic acids is 2. The van der Waals surface area contributed by atoms with Crippen LogP contribution in [-0.2, 0) is 19.1 Å². The molecule has 34 heavy (non-hydrogen) atoms. The van der Waals surface area contributed by atoms with Gasteiger partial charge in [-0.2, -0.15) is 0 Å². The fraction of sp³-hybridized carbons (Fsp3) is 0.931. The molecule has 0 aromatic heterocycles. The molecule has 0 saturated carbocycles. The lowest BCUT2D eigenvalue weighted by Crippen LogP contribution is -2.28. The van der Waals surface area contributed by atoms with Crippen molar-refractivity contribution in [3.8, 4) is 0 Å². The van der Waals surface area contributed by atoms with Gasteiger partial charge in [0.2, 0.25) is 0 Å². The Kier molecular flexibility index (Phi) is 24.2. The highest BCUT2D eigenvalue weighted by atomic mass is 16.6. The highest BCUT2D eigenvalue weighted by Crippen LogP contribution is 2.14. The molecule has 0 aliphatic heterocycles. The molecule has 0 rings (SSSR count). The third-order valence-electron chi connectivity index (χ3n) is 6.33. The summed E-state index contributed by atoms with van der Waals surface area (Å²) in [6, 6.07) is 0. The van der Waals surface area contributed by atoms with Crippen molar-refractivity contribution in [3.05, 3.63) is 0 Å². The standard InChI is InChI=1S/C29H56O5/c1-4-5-6-7-8-9-14-17-20-23-29(32)34-27(24-30)25-33-28(31)22-19-16-13-11-10-12-15-18-21-26(2)3/h26-27,30H,4-25H2,1-3H3/t27-/m0/s1. The molecule has 0 radical (unpaired) electrons. The average molecular weight is 485 g/mol. The van der Waals surface area contributed by atoms with E-state index in [2.05, 4.69) is 20.8 Å². The minimum atomic E-state index is -0.759. The number of carbonyl (C=O) groups is 2. The molecule has 1 atom stereocenters. The maximum Gasteiger partial charge on any atom is 0.306 e. The molecule has 0 aliphatic carbocycles. The number of hydrogen-bond acceptors (Lipinski definition) is 5. The number of rotatable bonds is 25. The zero-order valence-electron chi connectivity index (χ0n) is 22.8. The fourth-order valence-electron chi connectivity index (χ4n) is 4.09. The molecule has 0 saturated heterocycles. The Morgan fingerprint density at radius 3 is 1.56 bits per heavy atom. The molecule has 0 amide bonds. The van der Waals surface area contributed by atoms with Crippen LogP contribution < -0.4 is 0 Å². The van der Waals surface area contributed by atoms with Crippen molar-refractivity contribution >= 4 is 11.9 Å². The van der Waals surface area contributed by atoms with E-state index in [0.717, 1.165) is 44.4 Å². The van der Waals surface area contributed by atoms with Gasteiger partial charge in [0, 0.05) is 12.8 Å². The second kappa shape index (κ2) is 25.0. The zero-order valence-corrected chi connectivity index (χ0v) is 22.8. The van der Waals surface area contributed by atoms with Crippen LogP contribution in [0.1, 0.15) is 149 Å². The van der Waals surface area contributed by atoms with E-state index in [9.17, 15) is 14.7 Å². The molecule has 0 bridgehead atoms. The Morgan fingerprint density at radius 1 is 0.647 bits per heavy atom. The normalized spacial score (nSPS) is 12.1. The van der Waals surface area contributed by atoms with Gasteiger partial charge in [0.25, 0.3) is 0 Å². The van der Waals surface area contributed by atoms with Crippen LogP contribution in [0.3, 0.4) is 0 Å². The van der Waals surface area contributed by atoms with Gasteiger partial charge in [-0.1, -0.05) is 124 Å². The fourth-order valence-corrected chi connectivity index (χ4v) is 4.09. The quantitative estimate of drug-likeness (QED) is 0.105. The number of aliphatic hydroxyl groups excluding tert-OH is 1. The molecule has 5 nitrogen and oxygen atoms in total. The summed E-state index contributed by atoms with van der Waals surface area (Å²) in [5.41, 5.74) is 0. The van der Waals surface area contributed by atoms with Gasteiger partial charge >= 0.3 is 11.9 Å². The number of ether oxygens (including phenoxy) is 2. The molecule has 0 aromatic carbocycles. The van der Waals surface area contributed by atoms with Crippen molar-refractivity contribution in [2.24, 2.45) is 5.92 Å². The molecule has 0 aromatic rings. The Morgan fingerprint density at radius 2 is 1.09 bits per heavy atom. The maximum atomic E-state index is 12.0. The maximum absolute atomic E-state index is 12.0. The van der Waals surface area contributed by atoms with Gasteiger partial charge in [0.05, 0.1) is 6.61 Å². The molecule has 5 heteroatoms. The summed E-state index contributed by atoms with van der Waals surface area (Å²) in [6.45, 7) is 6.40. The Balaban J connectivity index is 3.60. The summed E-state index contributed by atoms with van der Waals surface area (Å²) < 4.78 is 10.5. The van der Waals surface area contributed by atoms with Crippen LogP contribution in [0, 0.1) is 5.92 Å². The number of hydrogen-bond donors (Lipinski definition) is 1. The van der Waals surface area contributed by atoms with Crippen LogP contribution in [-0.4, -0.2) is 36.4 Å². The molecular formula is C29H56O5. The highest BCUT2D eigenvalue weighted by molar-refractivity contribution is 5.70. The lowest BCUT2D eigenvalue weighted by Gasteiger charge is -2.15. The van der Waals surface area contributed by atoms with E-state index in [1.807, 2.05) is 0 Å². The number of esters is 2. The monoisotopic (exact) mass is 484 g/mol. The lowest BCUT2D eigenvalue weighted by atomic mass is 10.0. The van der Waals surface area contributed by atoms with E-state index in [1.165, 1.54) is 77.0 Å². The lowest BCUT2D eigenvalue weighted by molar-refractivity contribution is -0.161. The third-order valence-corrected chi connectivity index (χ3v) is 6.33. The summed E-state index contributed by atoms with van der Waals surface area (Å²) in [4.78, 5) is 23.9. The topological polar surface area (TPSA) is 72.8 Å². The van der Waals surface area contributed by atoms with Crippen LogP contribution in [0.25, 0.3) is 0 Å². The minimum absolute atomic E-state index is 0.0603. The summed E-state index contributed by atoms with van der Waals surface area (Å²) >= 11 is 0. The molecular weight excluding hydrogens is 428 g/mol. The Hall–Kier alpha value is -1.10. The predicted octanol–water partition coefficient (Wildman–Crippen LogP) is 7.91. The van der Waals surface area contributed by atoms with Crippen molar-refractivity contribution < 1.29 is 24.2 Å². The van der Waals surface area contributed by atoms with Gasteiger partial charge in [0.1, 0.15) is 6.61 Å². The molecule has 0 aliphatic rings. The van der Waals surface area contributed by atoms with E-state index in [-0.39, 0.29) is 25.2 Å². The first-order chi connectivity index (χ1) is 16.5. The predicted molar refractivity (Wildman–Crippen MR) is 141 cm³/mol. The summed E-state index contributed by atoms with van der Waals surface area (Å²) in [5, 5.41) is 9.43. The van der Waals surface area contributed by atoms with Crippen LogP contribution in [0.15, 0.2) is 0 Å². The van der Waals surface area contributed by atoms with Crippen molar-refractivity contribution in [1.29, 1.82) is 0 Å². The summed E-state index contributed by atoms with van der Waals surface area (Å²) in [7, 11) is 0. The minimum Gasteiger partial charge on any atom is -0.462 e. The molecule has 0 unspecified atom stereocenters. The van der Waals surface area contributed by atoms with Gasteiger partial charge in [-0.25, -0.2) is 0 Å². The van der Waals surface area contributed by atoms with Gasteiger partial charge in [-0.15, -0.1) is 0 Å². The average Bonchev–Trinajstić information content (AvgIpc) is 2.81. The van der Waals surface area contributed by atoms with Gasteiger partial charge in [-0.05, 0) is 18.8 Å². The SMILES string of the molecule is CCCCCCCCCCCC(=O)O[C@@H](CO)COC(=O)CCCCCCCCCCC(C)C. The van der Waals surface area contributed by atoms with E-state index < -0.39 is 6.10 Å². The molecule has 0 heterocycles. The van der Waals surface area contributed by atoms with E-state index in [0.29, 0.717) is 12.8 Å². The Labute approximate surface area is 210 Å². The van der Waals surface area contributed by atoms with Crippen molar-refractivity contribution in [2.75, 3.05) is 13.2 Å². The molecule has 0 spiro atoms. The van der Waals surface area contributed by atoms with Gasteiger partial charge < -0.3 is 14.6 Å².